The number of carbonyl (C=O) groups excluding carboxylic acids is 1. The molecule has 2 aromatic carbocycles. The molecule has 2 heterocycles. The minimum atomic E-state index is -0.471. The minimum Gasteiger partial charge on any atom is -0.496 e. The van der Waals surface area contributed by atoms with Gasteiger partial charge >= 0.3 is 0 Å². The molecule has 0 N–H and O–H groups in total. The molecular formula is C26H25N3O5S. The molecule has 0 radical (unpaired) electrons. The number of methoxy groups -OCH3 is 1. The van der Waals surface area contributed by atoms with E-state index in [0.29, 0.717) is 32.9 Å². The van der Waals surface area contributed by atoms with Crippen LogP contribution in [0.5, 0.6) is 5.75 Å². The van der Waals surface area contributed by atoms with Gasteiger partial charge in [-0.15, -0.1) is 0 Å². The van der Waals surface area contributed by atoms with Gasteiger partial charge in [-0.25, -0.2) is 4.99 Å². The van der Waals surface area contributed by atoms with Gasteiger partial charge in [0, 0.05) is 24.3 Å². The number of hydrogen-bond acceptors (Lipinski definition) is 7. The molecule has 1 aliphatic heterocycles. The third kappa shape index (κ3) is 5.14. The van der Waals surface area contributed by atoms with E-state index in [-0.39, 0.29) is 17.6 Å². The standard InChI is InChI=1S/C26H25N3O5S/c1-5-17(3)28-25(30)24(35-26(28)27-18-8-6-16(2)7-9-18)15-20-11-13-23(34-20)21-14-19(29(31)32)10-12-22(21)33-4/h6-15,17H,5H2,1-4H3/b24-15+,27-26?/t17-/m0/s1. The fourth-order valence-corrected chi connectivity index (χ4v) is 4.64. The first-order valence-corrected chi connectivity index (χ1v) is 11.9. The number of hydrogen-bond donors (Lipinski definition) is 0. The molecule has 0 aliphatic carbocycles. The van der Waals surface area contributed by atoms with Crippen LogP contribution in [0.1, 0.15) is 31.6 Å². The van der Waals surface area contributed by atoms with Crippen molar-refractivity contribution in [1.29, 1.82) is 0 Å². The number of furan rings is 1. The normalized spacial score (nSPS) is 16.8. The van der Waals surface area contributed by atoms with E-state index in [0.717, 1.165) is 17.7 Å². The van der Waals surface area contributed by atoms with Gasteiger partial charge in [-0.1, -0.05) is 24.6 Å². The first-order chi connectivity index (χ1) is 16.8. The number of amides is 1. The predicted molar refractivity (Wildman–Crippen MR) is 138 cm³/mol. The summed E-state index contributed by atoms with van der Waals surface area (Å²) in [5.74, 6) is 1.16. The van der Waals surface area contributed by atoms with Crippen LogP contribution in [0, 0.1) is 17.0 Å². The topological polar surface area (TPSA) is 98.2 Å². The Morgan fingerprint density at radius 3 is 2.60 bits per heavy atom. The summed E-state index contributed by atoms with van der Waals surface area (Å²) >= 11 is 1.30. The lowest BCUT2D eigenvalue weighted by molar-refractivity contribution is -0.384. The first kappa shape index (κ1) is 24.3. The molecule has 35 heavy (non-hydrogen) atoms. The Morgan fingerprint density at radius 2 is 1.94 bits per heavy atom. The number of nitro groups is 1. The van der Waals surface area contributed by atoms with Crippen LogP contribution >= 0.6 is 11.8 Å². The molecule has 0 unspecified atom stereocenters. The van der Waals surface area contributed by atoms with Crippen molar-refractivity contribution in [2.24, 2.45) is 4.99 Å². The van der Waals surface area contributed by atoms with E-state index in [1.54, 1.807) is 23.1 Å². The Hall–Kier alpha value is -3.85. The summed E-state index contributed by atoms with van der Waals surface area (Å²) in [7, 11) is 1.49. The maximum Gasteiger partial charge on any atom is 0.270 e. The fraction of sp³-hybridized carbons (Fsp3) is 0.231. The molecule has 1 saturated heterocycles. The Labute approximate surface area is 207 Å². The summed E-state index contributed by atoms with van der Waals surface area (Å²) in [4.78, 5) is 31.0. The van der Waals surface area contributed by atoms with Gasteiger partial charge in [0.2, 0.25) is 0 Å². The molecule has 0 spiro atoms. The molecule has 1 aliphatic rings. The molecule has 1 amide bonds. The second-order valence-electron chi connectivity index (χ2n) is 8.12. The van der Waals surface area contributed by atoms with Crippen molar-refractivity contribution in [3.05, 3.63) is 80.9 Å². The van der Waals surface area contributed by atoms with Gasteiger partial charge in [-0.2, -0.15) is 0 Å². The molecule has 1 atom stereocenters. The monoisotopic (exact) mass is 491 g/mol. The summed E-state index contributed by atoms with van der Waals surface area (Å²) < 4.78 is 11.3. The lowest BCUT2D eigenvalue weighted by Crippen LogP contribution is -2.36. The lowest BCUT2D eigenvalue weighted by atomic mass is 10.1. The van der Waals surface area contributed by atoms with E-state index in [4.69, 9.17) is 14.1 Å². The van der Waals surface area contributed by atoms with E-state index in [9.17, 15) is 14.9 Å². The van der Waals surface area contributed by atoms with Crippen molar-refractivity contribution in [1.82, 2.24) is 4.90 Å². The molecule has 8 nitrogen and oxygen atoms in total. The Kier molecular flexibility index (Phi) is 7.07. The molecule has 3 aromatic rings. The number of nitro benzene ring substituents is 1. The van der Waals surface area contributed by atoms with Crippen molar-refractivity contribution in [3.63, 3.8) is 0 Å². The smallest absolute Gasteiger partial charge is 0.270 e. The van der Waals surface area contributed by atoms with Crippen molar-refractivity contribution < 1.29 is 18.9 Å². The number of non-ortho nitro benzene ring substituents is 1. The number of aryl methyl sites for hydroxylation is 1. The van der Waals surface area contributed by atoms with E-state index in [1.807, 2.05) is 45.0 Å². The number of thioether (sulfide) groups is 1. The molecule has 0 saturated carbocycles. The summed E-state index contributed by atoms with van der Waals surface area (Å²) in [6.45, 7) is 6.03. The van der Waals surface area contributed by atoms with Crippen molar-refractivity contribution in [2.75, 3.05) is 7.11 Å². The van der Waals surface area contributed by atoms with Gasteiger partial charge in [-0.05, 0) is 62.4 Å². The van der Waals surface area contributed by atoms with E-state index in [2.05, 4.69) is 0 Å². The predicted octanol–water partition coefficient (Wildman–Crippen LogP) is 6.57. The second-order valence-corrected chi connectivity index (χ2v) is 9.13. The highest BCUT2D eigenvalue weighted by atomic mass is 32.2. The highest BCUT2D eigenvalue weighted by molar-refractivity contribution is 8.18. The molecule has 1 fully saturated rings. The summed E-state index contributed by atoms with van der Waals surface area (Å²) in [6, 6.07) is 15.5. The van der Waals surface area contributed by atoms with Crippen LogP contribution in [0.15, 0.2) is 68.9 Å². The van der Waals surface area contributed by atoms with Crippen LogP contribution in [-0.4, -0.2) is 34.0 Å². The van der Waals surface area contributed by atoms with Gasteiger partial charge in [0.1, 0.15) is 17.3 Å². The molecule has 4 rings (SSSR count). The van der Waals surface area contributed by atoms with E-state index in [1.165, 1.54) is 37.1 Å². The van der Waals surface area contributed by atoms with Crippen LogP contribution in [0.25, 0.3) is 17.4 Å². The Morgan fingerprint density at radius 1 is 1.20 bits per heavy atom. The molecule has 0 bridgehead atoms. The molecule has 9 heteroatoms. The number of benzene rings is 2. The Bertz CT molecular complexity index is 1330. The maximum absolute atomic E-state index is 13.3. The van der Waals surface area contributed by atoms with Crippen molar-refractivity contribution in [3.8, 4) is 17.1 Å². The highest BCUT2D eigenvalue weighted by Gasteiger charge is 2.36. The average Bonchev–Trinajstić information content (AvgIpc) is 3.44. The van der Waals surface area contributed by atoms with Crippen LogP contribution in [0.3, 0.4) is 0 Å². The zero-order chi connectivity index (χ0) is 25.1. The fourth-order valence-electron chi connectivity index (χ4n) is 3.57. The highest BCUT2D eigenvalue weighted by Crippen LogP contribution is 2.38. The number of ether oxygens (including phenoxy) is 1. The SMILES string of the molecule is CC[C@H](C)N1C(=O)/C(=C\c2ccc(-c3cc([N+](=O)[O-])ccc3OC)o2)SC1=Nc1ccc(C)cc1. The Balaban J connectivity index is 1.68. The number of amidine groups is 1. The quantitative estimate of drug-likeness (QED) is 0.210. The van der Waals surface area contributed by atoms with Gasteiger partial charge in [-0.3, -0.25) is 19.8 Å². The average molecular weight is 492 g/mol. The number of aliphatic imine (C=N–C) groups is 1. The van der Waals surface area contributed by atoms with Crippen molar-refractivity contribution in [2.45, 2.75) is 33.2 Å². The molecule has 180 valence electrons. The summed E-state index contributed by atoms with van der Waals surface area (Å²) in [6.07, 6.45) is 2.46. The number of carbonyl (C=O) groups is 1. The largest absolute Gasteiger partial charge is 0.496 e. The zero-order valence-corrected chi connectivity index (χ0v) is 20.7. The molecule has 1 aromatic heterocycles. The first-order valence-electron chi connectivity index (χ1n) is 11.1. The third-order valence-corrected chi connectivity index (χ3v) is 6.67. The zero-order valence-electron chi connectivity index (χ0n) is 19.8. The number of rotatable bonds is 7. The van der Waals surface area contributed by atoms with Crippen LogP contribution < -0.4 is 4.74 Å². The lowest BCUT2D eigenvalue weighted by Gasteiger charge is -2.22. The van der Waals surface area contributed by atoms with E-state index >= 15 is 0 Å². The van der Waals surface area contributed by atoms with Gasteiger partial charge in [0.05, 0.1) is 28.2 Å². The van der Waals surface area contributed by atoms with Crippen molar-refractivity contribution >= 4 is 40.3 Å². The summed E-state index contributed by atoms with van der Waals surface area (Å²) in [5, 5.41) is 11.8. The van der Waals surface area contributed by atoms with Gasteiger partial charge in [0.15, 0.2) is 5.17 Å². The van der Waals surface area contributed by atoms with Gasteiger partial charge < -0.3 is 9.15 Å². The third-order valence-electron chi connectivity index (χ3n) is 5.69. The molecular weight excluding hydrogens is 466 g/mol. The summed E-state index contributed by atoms with van der Waals surface area (Å²) in [5.41, 5.74) is 2.30. The number of nitrogens with zero attached hydrogens (tertiary/aromatic N) is 3. The van der Waals surface area contributed by atoms with Crippen LogP contribution in [-0.2, 0) is 4.79 Å². The van der Waals surface area contributed by atoms with Crippen LogP contribution in [0.4, 0.5) is 11.4 Å². The van der Waals surface area contributed by atoms with E-state index < -0.39 is 4.92 Å². The van der Waals surface area contributed by atoms with Crippen LogP contribution in [0.2, 0.25) is 0 Å². The second kappa shape index (κ2) is 10.2. The van der Waals surface area contributed by atoms with Gasteiger partial charge in [0.25, 0.3) is 11.6 Å². The maximum atomic E-state index is 13.3. The minimum absolute atomic E-state index is 0.0219.